The lowest BCUT2D eigenvalue weighted by atomic mass is 9.79. The topological polar surface area (TPSA) is 114 Å². The van der Waals surface area contributed by atoms with Crippen molar-refractivity contribution in [2.24, 2.45) is 13.0 Å². The Morgan fingerprint density at radius 1 is 0.979 bits per heavy atom. The zero-order valence-corrected chi connectivity index (χ0v) is 27.4. The van der Waals surface area contributed by atoms with Crippen molar-refractivity contribution in [2.45, 2.75) is 44.2 Å². The van der Waals surface area contributed by atoms with Crippen molar-refractivity contribution >= 4 is 34.2 Å². The van der Waals surface area contributed by atoms with Crippen LogP contribution in [0.25, 0.3) is 21.6 Å². The van der Waals surface area contributed by atoms with Crippen LogP contribution in [0.5, 0.6) is 0 Å². The van der Waals surface area contributed by atoms with E-state index in [4.69, 9.17) is 4.98 Å². The summed E-state index contributed by atoms with van der Waals surface area (Å²) < 4.78 is 3.27. The second kappa shape index (κ2) is 12.5. The van der Waals surface area contributed by atoms with E-state index < -0.39 is 5.60 Å². The first-order valence-electron chi connectivity index (χ1n) is 16.1. The minimum Gasteiger partial charge on any atom is -0.388 e. The quantitative estimate of drug-likeness (QED) is 0.290. The summed E-state index contributed by atoms with van der Waals surface area (Å²) >= 11 is 1.42. The third-order valence-corrected chi connectivity index (χ3v) is 11.0. The molecule has 2 saturated heterocycles. The summed E-state index contributed by atoms with van der Waals surface area (Å²) in [5.74, 6) is -0.443. The Balaban J connectivity index is 1.05. The highest BCUT2D eigenvalue weighted by atomic mass is 32.1. The molecule has 2 aromatic carbocycles. The van der Waals surface area contributed by atoms with Gasteiger partial charge in [-0.05, 0) is 37.8 Å². The Hall–Kier alpha value is -4.61. The van der Waals surface area contributed by atoms with Crippen LogP contribution < -0.4 is 5.56 Å². The van der Waals surface area contributed by atoms with Crippen LogP contribution in [-0.4, -0.2) is 77.6 Å². The molecule has 2 fully saturated rings. The van der Waals surface area contributed by atoms with Crippen LogP contribution in [0.15, 0.2) is 84.0 Å². The Bertz CT molecular complexity index is 1980. The fourth-order valence-corrected chi connectivity index (χ4v) is 8.10. The average Bonchev–Trinajstić information content (AvgIpc) is 3.68. The zero-order chi connectivity index (χ0) is 32.7. The van der Waals surface area contributed by atoms with Gasteiger partial charge in [0.1, 0.15) is 21.9 Å². The number of carbonyl (C=O) groups is 2. The molecular formula is C36H38N6O4S. The highest BCUT2D eigenvalue weighted by Gasteiger charge is 2.42. The summed E-state index contributed by atoms with van der Waals surface area (Å²) in [6, 6.07) is 21.6. The lowest BCUT2D eigenvalue weighted by molar-refractivity contribution is -0.142. The van der Waals surface area contributed by atoms with Crippen LogP contribution in [0.1, 0.15) is 46.1 Å². The standard InChI is InChI=1S/C36H38N6O4S/c1-24-30(47-32(38-24)26-11-7-4-8-12-26)35(45)41-18-14-27(29(21-41)25-9-5-3-6-10-25)33(43)40-19-15-36(46,16-20-40)22-42-23-37-31-28(34(42)44)13-17-39(31)2/h3-13,17,23,27,29,46H,14-16,18-22H2,1-2H3/t27-,29+/m1/s1. The molecule has 0 aliphatic carbocycles. The molecule has 0 spiro atoms. The summed E-state index contributed by atoms with van der Waals surface area (Å²) in [7, 11) is 1.84. The molecule has 1 N–H and O–H groups in total. The number of likely N-dealkylation sites (tertiary alicyclic amines) is 2. The van der Waals surface area contributed by atoms with Gasteiger partial charge >= 0.3 is 0 Å². The van der Waals surface area contributed by atoms with E-state index in [-0.39, 0.29) is 35.8 Å². The molecule has 0 bridgehead atoms. The van der Waals surface area contributed by atoms with Gasteiger partial charge in [0.05, 0.1) is 23.2 Å². The van der Waals surface area contributed by atoms with Gasteiger partial charge in [-0.3, -0.25) is 19.0 Å². The minimum absolute atomic E-state index is 0.0459. The van der Waals surface area contributed by atoms with Crippen LogP contribution in [-0.2, 0) is 18.4 Å². The summed E-state index contributed by atoms with van der Waals surface area (Å²) in [5, 5.41) is 12.8. The number of hydrogen-bond acceptors (Lipinski definition) is 7. The number of thiazole rings is 1. The van der Waals surface area contributed by atoms with Gasteiger partial charge in [0.15, 0.2) is 0 Å². The van der Waals surface area contributed by atoms with E-state index >= 15 is 0 Å². The van der Waals surface area contributed by atoms with Gasteiger partial charge in [-0.25, -0.2) is 9.97 Å². The van der Waals surface area contributed by atoms with Crippen LogP contribution >= 0.6 is 11.3 Å². The van der Waals surface area contributed by atoms with Crippen LogP contribution in [0, 0.1) is 12.8 Å². The van der Waals surface area contributed by atoms with E-state index in [0.29, 0.717) is 61.4 Å². The third kappa shape index (κ3) is 6.01. The Kier molecular flexibility index (Phi) is 8.27. The van der Waals surface area contributed by atoms with Crippen molar-refractivity contribution in [2.75, 3.05) is 26.2 Å². The highest BCUT2D eigenvalue weighted by Crippen LogP contribution is 2.37. The monoisotopic (exact) mass is 650 g/mol. The Labute approximate surface area is 276 Å². The summed E-state index contributed by atoms with van der Waals surface area (Å²) in [6.45, 7) is 3.72. The zero-order valence-electron chi connectivity index (χ0n) is 26.6. The second-order valence-corrected chi connectivity index (χ2v) is 13.9. The van der Waals surface area contributed by atoms with Crippen molar-refractivity contribution < 1.29 is 14.7 Å². The van der Waals surface area contributed by atoms with Crippen LogP contribution in [0.4, 0.5) is 0 Å². The van der Waals surface area contributed by atoms with E-state index in [9.17, 15) is 19.5 Å². The van der Waals surface area contributed by atoms with E-state index in [1.807, 2.05) is 84.4 Å². The smallest absolute Gasteiger partial charge is 0.265 e. The Morgan fingerprint density at radius 2 is 1.68 bits per heavy atom. The lowest BCUT2D eigenvalue weighted by Crippen LogP contribution is -2.53. The molecule has 0 saturated carbocycles. The maximum Gasteiger partial charge on any atom is 0.265 e. The molecule has 5 heterocycles. The fourth-order valence-electron chi connectivity index (χ4n) is 7.06. The molecule has 2 amide bonds. The largest absolute Gasteiger partial charge is 0.388 e. The van der Waals surface area contributed by atoms with Gasteiger partial charge in [-0.2, -0.15) is 0 Å². The first kappa shape index (κ1) is 31.0. The molecule has 5 aromatic rings. The first-order chi connectivity index (χ1) is 22.7. The summed E-state index contributed by atoms with van der Waals surface area (Å²) in [5.41, 5.74) is 2.05. The molecule has 3 aromatic heterocycles. The molecule has 2 aliphatic rings. The van der Waals surface area contributed by atoms with E-state index in [1.54, 1.807) is 16.8 Å². The van der Waals surface area contributed by atoms with Gasteiger partial charge in [0.25, 0.3) is 11.5 Å². The number of piperidine rings is 2. The Morgan fingerprint density at radius 3 is 2.40 bits per heavy atom. The SMILES string of the molecule is Cc1nc(-c2ccccc2)sc1C(=O)N1CC[C@@H](C(=O)N2CCC(O)(Cn3cnc4c(ccn4C)c3=O)CC2)[C@H](c2ccccc2)C1. The number of benzene rings is 2. The first-order valence-corrected chi connectivity index (χ1v) is 16.9. The molecule has 0 unspecified atom stereocenters. The number of nitrogens with zero attached hydrogens (tertiary/aromatic N) is 6. The van der Waals surface area contributed by atoms with Crippen molar-refractivity contribution in [3.8, 4) is 10.6 Å². The van der Waals surface area contributed by atoms with Gasteiger partial charge in [-0.15, -0.1) is 11.3 Å². The molecule has 242 valence electrons. The van der Waals surface area contributed by atoms with Crippen LogP contribution in [0.3, 0.4) is 0 Å². The molecule has 11 heteroatoms. The van der Waals surface area contributed by atoms with E-state index in [0.717, 1.165) is 21.8 Å². The normalized spacial score (nSPS) is 19.6. The number of aromatic nitrogens is 4. The molecule has 0 radical (unpaired) electrons. The van der Waals surface area contributed by atoms with Crippen molar-refractivity contribution in [1.29, 1.82) is 0 Å². The predicted octanol–water partition coefficient (Wildman–Crippen LogP) is 4.47. The number of fused-ring (bicyclic) bond motifs is 1. The molecule has 2 atom stereocenters. The van der Waals surface area contributed by atoms with Crippen molar-refractivity contribution in [3.05, 3.63) is 106 Å². The number of amides is 2. The average molecular weight is 651 g/mol. The number of rotatable bonds is 6. The number of carbonyl (C=O) groups excluding carboxylic acids is 2. The lowest BCUT2D eigenvalue weighted by Gasteiger charge is -2.43. The fraction of sp³-hybridized carbons (Fsp3) is 0.361. The van der Waals surface area contributed by atoms with Crippen molar-refractivity contribution in [1.82, 2.24) is 28.9 Å². The third-order valence-electron chi connectivity index (χ3n) is 9.78. The molecule has 7 rings (SSSR count). The molecule has 10 nitrogen and oxygen atoms in total. The number of hydrogen-bond donors (Lipinski definition) is 1. The second-order valence-electron chi connectivity index (χ2n) is 12.9. The predicted molar refractivity (Wildman–Crippen MR) is 181 cm³/mol. The van der Waals surface area contributed by atoms with E-state index in [2.05, 4.69) is 4.98 Å². The van der Waals surface area contributed by atoms with Gasteiger partial charge in [0, 0.05) is 56.8 Å². The number of aliphatic hydroxyl groups is 1. The molecular weight excluding hydrogens is 613 g/mol. The van der Waals surface area contributed by atoms with Gasteiger partial charge in [-0.1, -0.05) is 60.7 Å². The van der Waals surface area contributed by atoms with E-state index in [1.165, 1.54) is 22.2 Å². The maximum absolute atomic E-state index is 14.1. The summed E-state index contributed by atoms with van der Waals surface area (Å²) in [6.07, 6.45) is 4.56. The minimum atomic E-state index is -1.12. The highest BCUT2D eigenvalue weighted by molar-refractivity contribution is 7.17. The molecule has 47 heavy (non-hydrogen) atoms. The van der Waals surface area contributed by atoms with Crippen molar-refractivity contribution in [3.63, 3.8) is 0 Å². The van der Waals surface area contributed by atoms with Gasteiger partial charge in [0.2, 0.25) is 5.91 Å². The molecule has 2 aliphatic heterocycles. The summed E-state index contributed by atoms with van der Waals surface area (Å²) in [4.78, 5) is 54.6. The van der Waals surface area contributed by atoms with Crippen LogP contribution in [0.2, 0.25) is 0 Å². The van der Waals surface area contributed by atoms with Gasteiger partial charge < -0.3 is 19.5 Å². The maximum atomic E-state index is 14.1. The number of aryl methyl sites for hydroxylation is 2.